The SMILES string of the molecule is CC/C(=C/C=C(C)C)C(F)F. The molecule has 2 heteroatoms. The predicted octanol–water partition coefficient (Wildman–Crippen LogP) is 3.55. The smallest absolute Gasteiger partial charge is 0.205 e. The second kappa shape index (κ2) is 5.05. The summed E-state index contributed by atoms with van der Waals surface area (Å²) in [7, 11) is 0. The molecular formula is C9H14F2. The van der Waals surface area contributed by atoms with Crippen molar-refractivity contribution in [2.24, 2.45) is 0 Å². The second-order valence-corrected chi connectivity index (χ2v) is 2.64. The third kappa shape index (κ3) is 4.71. The van der Waals surface area contributed by atoms with Gasteiger partial charge in [0.05, 0.1) is 0 Å². The first-order chi connectivity index (χ1) is 5.07. The van der Waals surface area contributed by atoms with E-state index in [0.29, 0.717) is 6.42 Å². The van der Waals surface area contributed by atoms with Gasteiger partial charge in [-0.3, -0.25) is 0 Å². The molecule has 0 aliphatic heterocycles. The molecule has 0 unspecified atom stereocenters. The van der Waals surface area contributed by atoms with Gasteiger partial charge in [0.1, 0.15) is 0 Å². The zero-order valence-corrected chi connectivity index (χ0v) is 7.20. The maximum absolute atomic E-state index is 12.1. The molecule has 0 bridgehead atoms. The van der Waals surface area contributed by atoms with Crippen LogP contribution in [0.25, 0.3) is 0 Å². The fourth-order valence-electron chi connectivity index (χ4n) is 0.619. The molecule has 0 aromatic heterocycles. The molecule has 0 heterocycles. The standard InChI is InChI=1S/C9H14F2/c1-4-8(9(10)11)6-5-7(2)3/h5-6,9H,4H2,1-3H3/b8-6-. The van der Waals surface area contributed by atoms with Crippen LogP contribution >= 0.6 is 0 Å². The van der Waals surface area contributed by atoms with Gasteiger partial charge in [0.25, 0.3) is 6.43 Å². The number of hydrogen-bond acceptors (Lipinski definition) is 0. The highest BCUT2D eigenvalue weighted by Gasteiger charge is 2.06. The topological polar surface area (TPSA) is 0 Å². The Labute approximate surface area is 66.6 Å². The molecule has 0 aromatic rings. The molecule has 0 N–H and O–H groups in total. The molecule has 0 aromatic carbocycles. The minimum atomic E-state index is -2.31. The van der Waals surface area contributed by atoms with Crippen LogP contribution in [0.2, 0.25) is 0 Å². The number of alkyl halides is 2. The van der Waals surface area contributed by atoms with Crippen molar-refractivity contribution >= 4 is 0 Å². The van der Waals surface area contributed by atoms with E-state index in [-0.39, 0.29) is 5.57 Å². The van der Waals surface area contributed by atoms with Crippen molar-refractivity contribution in [2.75, 3.05) is 0 Å². The number of allylic oxidation sites excluding steroid dienone is 4. The van der Waals surface area contributed by atoms with Gasteiger partial charge < -0.3 is 0 Å². The molecule has 0 rings (SSSR count). The summed E-state index contributed by atoms with van der Waals surface area (Å²) in [6.07, 6.45) is 1.32. The van der Waals surface area contributed by atoms with Crippen LogP contribution in [0.4, 0.5) is 8.78 Å². The number of hydrogen-bond donors (Lipinski definition) is 0. The van der Waals surface area contributed by atoms with Gasteiger partial charge in [0.15, 0.2) is 0 Å². The Balaban J connectivity index is 4.24. The Morgan fingerprint density at radius 3 is 2.09 bits per heavy atom. The highest BCUT2D eigenvalue weighted by atomic mass is 19.3. The van der Waals surface area contributed by atoms with Crippen LogP contribution in [0.3, 0.4) is 0 Å². The highest BCUT2D eigenvalue weighted by Crippen LogP contribution is 2.12. The average molecular weight is 160 g/mol. The van der Waals surface area contributed by atoms with E-state index in [9.17, 15) is 8.78 Å². The first-order valence-corrected chi connectivity index (χ1v) is 3.70. The van der Waals surface area contributed by atoms with Gasteiger partial charge in [-0.15, -0.1) is 0 Å². The monoisotopic (exact) mass is 160 g/mol. The quantitative estimate of drug-likeness (QED) is 0.554. The molecule has 11 heavy (non-hydrogen) atoms. The molecule has 0 nitrogen and oxygen atoms in total. The molecule has 0 saturated heterocycles. The van der Waals surface area contributed by atoms with Gasteiger partial charge in [-0.2, -0.15) is 0 Å². The summed E-state index contributed by atoms with van der Waals surface area (Å²) in [5.41, 5.74) is 1.24. The fourth-order valence-corrected chi connectivity index (χ4v) is 0.619. The van der Waals surface area contributed by atoms with E-state index in [4.69, 9.17) is 0 Å². The molecule has 0 aliphatic rings. The van der Waals surface area contributed by atoms with Gasteiger partial charge in [0, 0.05) is 0 Å². The largest absolute Gasteiger partial charge is 0.260 e. The Morgan fingerprint density at radius 2 is 1.82 bits per heavy atom. The lowest BCUT2D eigenvalue weighted by Gasteiger charge is -1.99. The summed E-state index contributed by atoms with van der Waals surface area (Å²) < 4.78 is 24.1. The predicted molar refractivity (Wildman–Crippen MR) is 43.8 cm³/mol. The number of halogens is 2. The summed E-state index contributed by atoms with van der Waals surface area (Å²) in [4.78, 5) is 0. The summed E-state index contributed by atoms with van der Waals surface area (Å²) in [6.45, 7) is 5.50. The van der Waals surface area contributed by atoms with Crippen molar-refractivity contribution in [3.05, 3.63) is 23.3 Å². The summed E-state index contributed by atoms with van der Waals surface area (Å²) >= 11 is 0. The van der Waals surface area contributed by atoms with E-state index in [0.717, 1.165) is 5.57 Å². The second-order valence-electron chi connectivity index (χ2n) is 2.64. The fraction of sp³-hybridized carbons (Fsp3) is 0.556. The van der Waals surface area contributed by atoms with Crippen LogP contribution in [0.5, 0.6) is 0 Å². The molecule has 0 fully saturated rings. The Hall–Kier alpha value is -0.660. The van der Waals surface area contributed by atoms with Crippen molar-refractivity contribution in [3.8, 4) is 0 Å². The van der Waals surface area contributed by atoms with Crippen molar-refractivity contribution in [1.82, 2.24) is 0 Å². The normalized spacial score (nSPS) is 12.0. The van der Waals surface area contributed by atoms with Crippen molar-refractivity contribution < 1.29 is 8.78 Å². The van der Waals surface area contributed by atoms with E-state index < -0.39 is 6.43 Å². The molecule has 0 spiro atoms. The Morgan fingerprint density at radius 1 is 1.27 bits per heavy atom. The minimum absolute atomic E-state index is 0.200. The lowest BCUT2D eigenvalue weighted by Crippen LogP contribution is -1.94. The summed E-state index contributed by atoms with van der Waals surface area (Å²) in [6, 6.07) is 0. The van der Waals surface area contributed by atoms with Gasteiger partial charge in [-0.05, 0) is 25.8 Å². The molecule has 64 valence electrons. The van der Waals surface area contributed by atoms with Crippen LogP contribution < -0.4 is 0 Å². The van der Waals surface area contributed by atoms with Crippen molar-refractivity contribution in [2.45, 2.75) is 33.6 Å². The molecule has 0 atom stereocenters. The van der Waals surface area contributed by atoms with Gasteiger partial charge in [-0.1, -0.05) is 24.6 Å². The van der Waals surface area contributed by atoms with Gasteiger partial charge in [0.2, 0.25) is 0 Å². The van der Waals surface area contributed by atoms with Crippen LogP contribution in [-0.2, 0) is 0 Å². The Bertz CT molecular complexity index is 162. The van der Waals surface area contributed by atoms with Crippen LogP contribution in [0, 0.1) is 0 Å². The molecule has 0 radical (unpaired) electrons. The van der Waals surface area contributed by atoms with Crippen molar-refractivity contribution in [3.63, 3.8) is 0 Å². The van der Waals surface area contributed by atoms with Crippen molar-refractivity contribution in [1.29, 1.82) is 0 Å². The third-order valence-corrected chi connectivity index (χ3v) is 1.32. The van der Waals surface area contributed by atoms with E-state index in [1.165, 1.54) is 6.08 Å². The van der Waals surface area contributed by atoms with E-state index in [2.05, 4.69) is 0 Å². The summed E-state index contributed by atoms with van der Waals surface area (Å²) in [5.74, 6) is 0. The maximum atomic E-state index is 12.1. The van der Waals surface area contributed by atoms with E-state index >= 15 is 0 Å². The molecule has 0 saturated carbocycles. The lowest BCUT2D eigenvalue weighted by molar-refractivity contribution is 0.186. The Kier molecular flexibility index (Phi) is 4.75. The van der Waals surface area contributed by atoms with Crippen LogP contribution in [-0.4, -0.2) is 6.43 Å². The highest BCUT2D eigenvalue weighted by molar-refractivity contribution is 5.16. The zero-order valence-electron chi connectivity index (χ0n) is 7.20. The van der Waals surface area contributed by atoms with Gasteiger partial charge >= 0.3 is 0 Å². The minimum Gasteiger partial charge on any atom is -0.205 e. The lowest BCUT2D eigenvalue weighted by atomic mass is 10.2. The average Bonchev–Trinajstić information content (AvgIpc) is 1.87. The molecule has 0 aliphatic carbocycles. The first-order valence-electron chi connectivity index (χ1n) is 3.70. The summed E-state index contributed by atoms with van der Waals surface area (Å²) in [5, 5.41) is 0. The van der Waals surface area contributed by atoms with E-state index in [1.54, 1.807) is 13.0 Å². The zero-order chi connectivity index (χ0) is 8.85. The van der Waals surface area contributed by atoms with Gasteiger partial charge in [-0.25, -0.2) is 8.78 Å². The van der Waals surface area contributed by atoms with Crippen LogP contribution in [0.1, 0.15) is 27.2 Å². The number of rotatable bonds is 3. The molecule has 0 amide bonds. The first kappa shape index (κ1) is 10.3. The molecular weight excluding hydrogens is 146 g/mol. The van der Waals surface area contributed by atoms with Crippen LogP contribution in [0.15, 0.2) is 23.3 Å². The maximum Gasteiger partial charge on any atom is 0.260 e. The van der Waals surface area contributed by atoms with E-state index in [1.807, 2.05) is 13.8 Å². The third-order valence-electron chi connectivity index (χ3n) is 1.32.